The van der Waals surface area contributed by atoms with Gasteiger partial charge in [-0.3, -0.25) is 43.4 Å². The lowest BCUT2D eigenvalue weighted by Gasteiger charge is -2.34. The van der Waals surface area contributed by atoms with Crippen molar-refractivity contribution in [1.29, 1.82) is 0 Å². The predicted octanol–water partition coefficient (Wildman–Crippen LogP) is 8.58. The highest BCUT2D eigenvalue weighted by Crippen LogP contribution is 2.42. The maximum absolute atomic E-state index is 14.7. The van der Waals surface area contributed by atoms with Crippen LogP contribution in [0.25, 0.3) is 0 Å². The largest absolute Gasteiger partial charge is 0.382 e. The van der Waals surface area contributed by atoms with E-state index < -0.39 is 108 Å². The number of aliphatic imine (C=N–C) groups is 3. The number of hydrogen-bond acceptors (Lipinski definition) is 15. The van der Waals surface area contributed by atoms with E-state index in [1.54, 1.807) is 0 Å². The first-order valence-electron chi connectivity index (χ1n) is 26.7. The van der Waals surface area contributed by atoms with Gasteiger partial charge in [0.25, 0.3) is 19.3 Å². The van der Waals surface area contributed by atoms with Crippen LogP contribution in [-0.2, 0) is 55.5 Å². The summed E-state index contributed by atoms with van der Waals surface area (Å²) in [7, 11) is 0. The molecule has 462 valence electrons. The molecule has 30 heteroatoms. The molecule has 0 spiro atoms. The van der Waals surface area contributed by atoms with Gasteiger partial charge in [0.15, 0.2) is 34.0 Å². The first-order chi connectivity index (χ1) is 42.9. The molecule has 3 aliphatic heterocycles. The van der Waals surface area contributed by atoms with Crippen LogP contribution in [0.15, 0.2) is 161 Å². The molecule has 9 aromatic rings. The van der Waals surface area contributed by atoms with Crippen LogP contribution < -0.4 is 17.2 Å². The van der Waals surface area contributed by atoms with Gasteiger partial charge in [-0.15, -0.1) is 0 Å². The minimum absolute atomic E-state index is 0.00645. The third kappa shape index (κ3) is 12.4. The summed E-state index contributed by atoms with van der Waals surface area (Å²) < 4.78 is 172. The van der Waals surface area contributed by atoms with Gasteiger partial charge in [-0.1, -0.05) is 18.2 Å². The van der Waals surface area contributed by atoms with Crippen molar-refractivity contribution in [3.8, 4) is 0 Å². The number of carbonyl (C=O) groups is 3. The maximum Gasteiger partial charge on any atom is 0.269 e. The molecule has 0 saturated heterocycles. The number of hydrogen-bond donors (Lipinski definition) is 3. The normalized spacial score (nSPS) is 18.2. The van der Waals surface area contributed by atoms with Gasteiger partial charge < -0.3 is 17.2 Å². The number of halogens is 12. The molecule has 0 amide bonds. The van der Waals surface area contributed by atoms with Crippen LogP contribution >= 0.6 is 0 Å². The average Bonchev–Trinajstić information content (AvgIpc) is 1.26. The number of Topliss-reactive ketones (excluding diaryl/α,β-unsaturated/α-hetero) is 3. The number of fused-ring (bicyclic) bond motifs is 3. The minimum Gasteiger partial charge on any atom is -0.382 e. The van der Waals surface area contributed by atoms with Crippen molar-refractivity contribution in [2.24, 2.45) is 32.2 Å². The lowest BCUT2D eigenvalue weighted by atomic mass is 9.87. The Bertz CT molecular complexity index is 3860. The monoisotopic (exact) mass is 1250 g/mol. The molecule has 0 bridgehead atoms. The second kappa shape index (κ2) is 25.2. The van der Waals surface area contributed by atoms with Gasteiger partial charge >= 0.3 is 0 Å². The van der Waals surface area contributed by atoms with E-state index in [0.29, 0.717) is 17.1 Å². The SMILES string of the molecule is NC1=NC(c2cc(CC(=O)c3ccc(F)cn3)ccc2F)(C(F)F)Cn2nccc21.NC1=NC(c2cc(CC(=O)c3ccc(F)cn3)ccc2F)(C(F)F)Cn2nccc21.NC1=NC(c2cc(CC(=O)c3ccc(F)cn3)ccc2F)(C(F)F)Cn2nccc21. The quantitative estimate of drug-likeness (QED) is 0.0644. The van der Waals surface area contributed by atoms with Crippen LogP contribution in [0.5, 0.6) is 0 Å². The first-order valence-corrected chi connectivity index (χ1v) is 26.7. The fraction of sp³-hybridized carbons (Fsp3) is 0.200. The molecule has 12 rings (SSSR count). The fourth-order valence-corrected chi connectivity index (χ4v) is 10.3. The van der Waals surface area contributed by atoms with Crippen LogP contribution in [0, 0.1) is 34.9 Å². The minimum atomic E-state index is -3.09. The number of ketones is 3. The van der Waals surface area contributed by atoms with E-state index in [-0.39, 0.29) is 87.2 Å². The lowest BCUT2D eigenvalue weighted by molar-refractivity contribution is 0.0361. The van der Waals surface area contributed by atoms with Crippen LogP contribution in [0.1, 0.15) is 81.9 Å². The lowest BCUT2D eigenvalue weighted by Crippen LogP contribution is -2.45. The molecule has 0 radical (unpaired) electrons. The van der Waals surface area contributed by atoms with E-state index in [0.717, 1.165) is 55.0 Å². The topological polar surface area (TPSA) is 258 Å². The molecule has 90 heavy (non-hydrogen) atoms. The van der Waals surface area contributed by atoms with E-state index in [2.05, 4.69) is 45.2 Å². The number of carbonyl (C=O) groups excluding carboxylic acids is 3. The van der Waals surface area contributed by atoms with Crippen molar-refractivity contribution < 1.29 is 67.1 Å². The van der Waals surface area contributed by atoms with Crippen molar-refractivity contribution in [3.05, 3.63) is 249 Å². The predicted molar refractivity (Wildman–Crippen MR) is 298 cm³/mol. The summed E-state index contributed by atoms with van der Waals surface area (Å²) in [4.78, 5) is 60.2. The molecule has 3 unspecified atom stereocenters. The smallest absolute Gasteiger partial charge is 0.269 e. The number of alkyl halides is 6. The third-order valence-corrected chi connectivity index (χ3v) is 14.8. The number of benzene rings is 3. The van der Waals surface area contributed by atoms with Gasteiger partial charge in [0.05, 0.1) is 38.2 Å². The van der Waals surface area contributed by atoms with Crippen LogP contribution in [0.4, 0.5) is 52.7 Å². The number of aromatic nitrogens is 9. The van der Waals surface area contributed by atoms with E-state index in [1.807, 2.05) is 0 Å². The van der Waals surface area contributed by atoms with Gasteiger partial charge in [-0.05, 0) is 108 Å². The number of amidine groups is 3. The highest BCUT2D eigenvalue weighted by atomic mass is 19.3. The molecule has 9 heterocycles. The van der Waals surface area contributed by atoms with Gasteiger partial charge in [0.2, 0.25) is 0 Å². The Morgan fingerprint density at radius 3 is 0.900 bits per heavy atom. The standard InChI is InChI=1S/3C20H15F4N5O/c3*21-12-2-4-15(26-9-12)17(30)8-11-1-3-14(22)13(7-11)20(19(23)24)10-29-16(5-6-27-29)18(25)28-20/h3*1-7,9,19H,8,10H2,(H2,25,28). The van der Waals surface area contributed by atoms with Gasteiger partial charge in [0.1, 0.15) is 86.6 Å². The van der Waals surface area contributed by atoms with Crippen molar-refractivity contribution in [2.75, 3.05) is 0 Å². The molecule has 6 aromatic heterocycles. The number of nitrogens with zero attached hydrogens (tertiary/aromatic N) is 12. The third-order valence-electron chi connectivity index (χ3n) is 14.8. The maximum atomic E-state index is 14.7. The zero-order valence-corrected chi connectivity index (χ0v) is 46.2. The van der Waals surface area contributed by atoms with Crippen molar-refractivity contribution in [1.82, 2.24) is 44.3 Å². The summed E-state index contributed by atoms with van der Waals surface area (Å²) in [6.45, 7) is -1.25. The van der Waals surface area contributed by atoms with Crippen molar-refractivity contribution in [2.45, 2.75) is 74.8 Å². The van der Waals surface area contributed by atoms with Crippen LogP contribution in [0.3, 0.4) is 0 Å². The van der Waals surface area contributed by atoms with Gasteiger partial charge in [-0.2, -0.15) is 15.3 Å². The molecule has 0 fully saturated rings. The summed E-state index contributed by atoms with van der Waals surface area (Å²) in [5.74, 6) is -6.48. The highest BCUT2D eigenvalue weighted by molar-refractivity contribution is 5.99. The van der Waals surface area contributed by atoms with Gasteiger partial charge in [-0.25, -0.2) is 67.7 Å². The molecular weight excluding hydrogens is 1210 g/mol. The molecule has 3 atom stereocenters. The highest BCUT2D eigenvalue weighted by Gasteiger charge is 2.50. The van der Waals surface area contributed by atoms with Crippen LogP contribution in [-0.4, -0.2) is 98.4 Å². The fourth-order valence-electron chi connectivity index (χ4n) is 10.3. The Hall–Kier alpha value is -10.7. The molecule has 0 aliphatic carbocycles. The molecular formula is C60H45F12N15O3. The molecule has 3 aliphatic rings. The van der Waals surface area contributed by atoms with E-state index in [4.69, 9.17) is 17.2 Å². The summed E-state index contributed by atoms with van der Waals surface area (Å²) in [6.07, 6.45) is -3.12. The number of pyridine rings is 3. The van der Waals surface area contributed by atoms with E-state index in [1.165, 1.54) is 105 Å². The summed E-state index contributed by atoms with van der Waals surface area (Å²) in [5, 5.41) is 11.9. The van der Waals surface area contributed by atoms with E-state index >= 15 is 0 Å². The summed E-state index contributed by atoms with van der Waals surface area (Å²) in [5.41, 5.74) is 11.4. The Morgan fingerprint density at radius 1 is 0.400 bits per heavy atom. The summed E-state index contributed by atoms with van der Waals surface area (Å²) in [6, 6.07) is 22.0. The Balaban J connectivity index is 0.000000148. The Morgan fingerprint density at radius 2 is 0.667 bits per heavy atom. The first kappa shape index (κ1) is 62.4. The second-order valence-electron chi connectivity index (χ2n) is 20.6. The second-order valence-corrected chi connectivity index (χ2v) is 20.6. The van der Waals surface area contributed by atoms with Crippen molar-refractivity contribution in [3.63, 3.8) is 0 Å². The summed E-state index contributed by atoms with van der Waals surface area (Å²) >= 11 is 0. The molecule has 3 aromatic carbocycles. The molecule has 6 N–H and O–H groups in total. The molecule has 18 nitrogen and oxygen atoms in total. The Kier molecular flexibility index (Phi) is 17.5. The van der Waals surface area contributed by atoms with Crippen LogP contribution in [0.2, 0.25) is 0 Å². The zero-order chi connectivity index (χ0) is 64.4. The zero-order valence-electron chi connectivity index (χ0n) is 46.2. The van der Waals surface area contributed by atoms with Gasteiger partial charge in [0, 0.05) is 54.5 Å². The molecule has 0 saturated carbocycles. The van der Waals surface area contributed by atoms with Crippen molar-refractivity contribution >= 4 is 34.9 Å². The Labute approximate surface area is 500 Å². The number of nitrogens with two attached hydrogens (primary N) is 3. The average molecular weight is 1250 g/mol. The van der Waals surface area contributed by atoms with E-state index in [9.17, 15) is 67.1 Å². The number of rotatable bonds is 15.